The molecule has 2 heterocycles. The molecule has 0 spiro atoms. The molecule has 0 saturated carbocycles. The minimum absolute atomic E-state index is 0.0388. The van der Waals surface area contributed by atoms with E-state index in [4.69, 9.17) is 0 Å². The molecule has 1 aromatic rings. The van der Waals surface area contributed by atoms with E-state index >= 15 is 0 Å². The molecule has 1 aliphatic rings. The monoisotopic (exact) mass is 290 g/mol. The van der Waals surface area contributed by atoms with Crippen molar-refractivity contribution in [1.29, 1.82) is 0 Å². The van der Waals surface area contributed by atoms with E-state index in [2.05, 4.69) is 15.3 Å². The summed E-state index contributed by atoms with van der Waals surface area (Å²) in [6.07, 6.45) is 4.08. The first-order valence-corrected chi connectivity index (χ1v) is 7.44. The van der Waals surface area contributed by atoms with Crippen molar-refractivity contribution in [2.45, 2.75) is 59.2 Å². The van der Waals surface area contributed by atoms with Crippen molar-refractivity contribution in [1.82, 2.24) is 20.2 Å². The molecule has 0 aliphatic carbocycles. The van der Waals surface area contributed by atoms with Gasteiger partial charge in [-0.1, -0.05) is 20.3 Å². The quantitative estimate of drug-likeness (QED) is 0.883. The first kappa shape index (κ1) is 15.4. The number of fused-ring (bicyclic) bond motifs is 1. The second-order valence-corrected chi connectivity index (χ2v) is 5.35. The Morgan fingerprint density at radius 1 is 1.38 bits per heavy atom. The van der Waals surface area contributed by atoms with Gasteiger partial charge in [-0.25, -0.2) is 9.97 Å². The Morgan fingerprint density at radius 2 is 2.14 bits per heavy atom. The Balaban J connectivity index is 2.09. The van der Waals surface area contributed by atoms with Gasteiger partial charge in [-0.05, 0) is 6.42 Å². The average molecular weight is 290 g/mol. The van der Waals surface area contributed by atoms with Crippen LogP contribution in [0.1, 0.15) is 50.7 Å². The first-order valence-electron chi connectivity index (χ1n) is 7.44. The third-order valence-electron chi connectivity index (χ3n) is 3.59. The first-order chi connectivity index (χ1) is 10.0. The van der Waals surface area contributed by atoms with Crippen LogP contribution >= 0.6 is 0 Å². The van der Waals surface area contributed by atoms with E-state index in [0.29, 0.717) is 19.5 Å². The van der Waals surface area contributed by atoms with Crippen LogP contribution in [-0.4, -0.2) is 32.7 Å². The number of nitrogens with zero attached hydrogens (tertiary/aromatic N) is 3. The summed E-state index contributed by atoms with van der Waals surface area (Å²) in [7, 11) is 0. The summed E-state index contributed by atoms with van der Waals surface area (Å²) in [5.41, 5.74) is 1.92. The van der Waals surface area contributed by atoms with Gasteiger partial charge in [-0.3, -0.25) is 9.59 Å². The van der Waals surface area contributed by atoms with Crippen molar-refractivity contribution in [2.24, 2.45) is 0 Å². The molecule has 1 atom stereocenters. The summed E-state index contributed by atoms with van der Waals surface area (Å²) in [6, 6.07) is -0.444. The maximum absolute atomic E-state index is 12.6. The fourth-order valence-electron chi connectivity index (χ4n) is 2.53. The second kappa shape index (κ2) is 6.65. The fourth-order valence-corrected chi connectivity index (χ4v) is 2.53. The van der Waals surface area contributed by atoms with Gasteiger partial charge in [-0.2, -0.15) is 0 Å². The number of hydrogen-bond donors (Lipinski definition) is 1. The van der Waals surface area contributed by atoms with Crippen LogP contribution in [0, 0.1) is 0 Å². The normalized spacial score (nSPS) is 14.7. The molecule has 1 aromatic heterocycles. The van der Waals surface area contributed by atoms with Crippen molar-refractivity contribution in [2.75, 3.05) is 0 Å². The van der Waals surface area contributed by atoms with Gasteiger partial charge >= 0.3 is 0 Å². The maximum atomic E-state index is 12.6. The highest BCUT2D eigenvalue weighted by Crippen LogP contribution is 2.21. The summed E-state index contributed by atoms with van der Waals surface area (Å²) >= 11 is 0. The van der Waals surface area contributed by atoms with Crippen molar-refractivity contribution < 1.29 is 9.59 Å². The largest absolute Gasteiger partial charge is 0.345 e. The molecule has 1 unspecified atom stereocenters. The van der Waals surface area contributed by atoms with Gasteiger partial charge in [-0.15, -0.1) is 0 Å². The van der Waals surface area contributed by atoms with E-state index in [9.17, 15) is 9.59 Å². The molecular weight excluding hydrogens is 268 g/mol. The molecule has 2 amide bonds. The third-order valence-corrected chi connectivity index (χ3v) is 3.59. The lowest BCUT2D eigenvalue weighted by atomic mass is 10.1. The number of amides is 2. The SMILES string of the molecule is CCCC(NC(C)=O)C(=O)N1Cc2cnc(CC)nc2C1. The molecule has 114 valence electrons. The number of hydrogen-bond acceptors (Lipinski definition) is 4. The molecule has 1 N–H and O–H groups in total. The zero-order valence-corrected chi connectivity index (χ0v) is 12.8. The summed E-state index contributed by atoms with van der Waals surface area (Å²) < 4.78 is 0. The van der Waals surface area contributed by atoms with E-state index in [-0.39, 0.29) is 11.8 Å². The Morgan fingerprint density at radius 3 is 2.76 bits per heavy atom. The molecule has 2 rings (SSSR count). The van der Waals surface area contributed by atoms with E-state index in [1.54, 1.807) is 4.90 Å². The minimum atomic E-state index is -0.444. The van der Waals surface area contributed by atoms with E-state index in [1.807, 2.05) is 20.0 Å². The number of nitrogens with one attached hydrogen (secondary N) is 1. The maximum Gasteiger partial charge on any atom is 0.245 e. The van der Waals surface area contributed by atoms with E-state index in [1.165, 1.54) is 6.92 Å². The highest BCUT2D eigenvalue weighted by molar-refractivity contribution is 5.87. The van der Waals surface area contributed by atoms with Crippen LogP contribution in [0.4, 0.5) is 0 Å². The zero-order chi connectivity index (χ0) is 15.4. The lowest BCUT2D eigenvalue weighted by Crippen LogP contribution is -2.46. The molecule has 0 saturated heterocycles. The van der Waals surface area contributed by atoms with Crippen molar-refractivity contribution in [3.63, 3.8) is 0 Å². The lowest BCUT2D eigenvalue weighted by molar-refractivity contribution is -0.136. The number of aryl methyl sites for hydroxylation is 1. The number of rotatable bonds is 5. The number of aromatic nitrogens is 2. The highest BCUT2D eigenvalue weighted by Gasteiger charge is 2.30. The Labute approximate surface area is 125 Å². The Hall–Kier alpha value is -1.98. The molecular formula is C15H22N4O2. The van der Waals surface area contributed by atoms with Gasteiger partial charge in [0, 0.05) is 31.6 Å². The van der Waals surface area contributed by atoms with E-state index < -0.39 is 6.04 Å². The molecule has 0 bridgehead atoms. The molecule has 21 heavy (non-hydrogen) atoms. The van der Waals surface area contributed by atoms with Crippen molar-refractivity contribution in [3.05, 3.63) is 23.3 Å². The van der Waals surface area contributed by atoms with Gasteiger partial charge in [0.05, 0.1) is 12.2 Å². The highest BCUT2D eigenvalue weighted by atomic mass is 16.2. The van der Waals surface area contributed by atoms with Crippen LogP contribution in [-0.2, 0) is 29.1 Å². The van der Waals surface area contributed by atoms with Gasteiger partial charge < -0.3 is 10.2 Å². The number of carbonyl (C=O) groups is 2. The van der Waals surface area contributed by atoms with Gasteiger partial charge in [0.2, 0.25) is 11.8 Å². The van der Waals surface area contributed by atoms with Gasteiger partial charge in [0.25, 0.3) is 0 Å². The minimum Gasteiger partial charge on any atom is -0.345 e. The summed E-state index contributed by atoms with van der Waals surface area (Å²) in [5, 5.41) is 2.74. The molecule has 0 radical (unpaired) electrons. The summed E-state index contributed by atoms with van der Waals surface area (Å²) in [6.45, 7) is 6.47. The predicted octanol–water partition coefficient (Wildman–Crippen LogP) is 1.19. The molecule has 6 heteroatoms. The molecule has 0 fully saturated rings. The summed E-state index contributed by atoms with van der Waals surface area (Å²) in [5.74, 6) is 0.588. The molecule has 1 aliphatic heterocycles. The molecule has 6 nitrogen and oxygen atoms in total. The standard InChI is InChI=1S/C15H22N4O2/c1-4-6-12(17-10(3)20)15(21)19-8-11-7-16-14(5-2)18-13(11)9-19/h7,12H,4-6,8-9H2,1-3H3,(H,17,20). The van der Waals surface area contributed by atoms with Crippen LogP contribution in [0.15, 0.2) is 6.20 Å². The van der Waals surface area contributed by atoms with Crippen molar-refractivity contribution >= 4 is 11.8 Å². The van der Waals surface area contributed by atoms with E-state index in [0.717, 1.165) is 29.9 Å². The fraction of sp³-hybridized carbons (Fsp3) is 0.600. The van der Waals surface area contributed by atoms with Crippen LogP contribution in [0.2, 0.25) is 0 Å². The third kappa shape index (κ3) is 3.56. The Kier molecular flexibility index (Phi) is 4.88. The lowest BCUT2D eigenvalue weighted by Gasteiger charge is -2.23. The zero-order valence-electron chi connectivity index (χ0n) is 12.8. The second-order valence-electron chi connectivity index (χ2n) is 5.35. The smallest absolute Gasteiger partial charge is 0.245 e. The molecule has 0 aromatic carbocycles. The van der Waals surface area contributed by atoms with Crippen LogP contribution in [0.25, 0.3) is 0 Å². The topological polar surface area (TPSA) is 75.2 Å². The van der Waals surface area contributed by atoms with Crippen LogP contribution < -0.4 is 5.32 Å². The average Bonchev–Trinajstić information content (AvgIpc) is 2.88. The number of carbonyl (C=O) groups excluding carboxylic acids is 2. The van der Waals surface area contributed by atoms with Gasteiger partial charge in [0.15, 0.2) is 0 Å². The summed E-state index contributed by atoms with van der Waals surface area (Å²) in [4.78, 5) is 34.3. The Bertz CT molecular complexity index is 544. The van der Waals surface area contributed by atoms with Gasteiger partial charge in [0.1, 0.15) is 11.9 Å². The predicted molar refractivity (Wildman–Crippen MR) is 78.2 cm³/mol. The van der Waals surface area contributed by atoms with Crippen LogP contribution in [0.3, 0.4) is 0 Å². The van der Waals surface area contributed by atoms with Crippen LogP contribution in [0.5, 0.6) is 0 Å². The van der Waals surface area contributed by atoms with Crippen molar-refractivity contribution in [3.8, 4) is 0 Å².